The summed E-state index contributed by atoms with van der Waals surface area (Å²) in [5, 5.41) is 11.2. The van der Waals surface area contributed by atoms with Crippen LogP contribution in [0.4, 0.5) is 8.78 Å². The summed E-state index contributed by atoms with van der Waals surface area (Å²) in [5.41, 5.74) is 2.24. The van der Waals surface area contributed by atoms with Gasteiger partial charge in [0.2, 0.25) is 5.88 Å². The number of ether oxygens (including phenoxy) is 2. The monoisotopic (exact) mass is 582 g/mol. The number of nitrogens with zero attached hydrogens (tertiary/aromatic N) is 4. The number of thiazole rings is 1. The van der Waals surface area contributed by atoms with Crippen LogP contribution >= 0.6 is 22.9 Å². The van der Waals surface area contributed by atoms with E-state index in [1.54, 1.807) is 29.6 Å². The van der Waals surface area contributed by atoms with Crippen LogP contribution in [0.5, 0.6) is 5.88 Å². The molecule has 5 aromatic rings. The van der Waals surface area contributed by atoms with E-state index >= 15 is 8.78 Å². The van der Waals surface area contributed by atoms with Gasteiger partial charge in [-0.25, -0.2) is 28.5 Å². The summed E-state index contributed by atoms with van der Waals surface area (Å²) in [6.07, 6.45) is 0.796. The first-order valence-electron chi connectivity index (χ1n) is 12.4. The first kappa shape index (κ1) is 26.3. The normalized spacial score (nSPS) is 14.8. The van der Waals surface area contributed by atoms with Crippen molar-refractivity contribution in [2.75, 3.05) is 6.61 Å². The van der Waals surface area contributed by atoms with E-state index in [9.17, 15) is 9.90 Å². The van der Waals surface area contributed by atoms with Crippen LogP contribution in [0.2, 0.25) is 4.47 Å². The molecule has 0 unspecified atom stereocenters. The summed E-state index contributed by atoms with van der Waals surface area (Å²) in [6, 6.07) is 11.7. The number of imidazole rings is 1. The molecule has 204 valence electrons. The highest BCUT2D eigenvalue weighted by Gasteiger charge is 2.23. The van der Waals surface area contributed by atoms with E-state index in [-0.39, 0.29) is 47.4 Å². The number of aromatic carboxylic acids is 1. The number of halogens is 3. The SMILES string of the molecule is O=C(O)c1ccc2nc(Cc3cc(F)c(-c4cccc(OCc5csc(Cl)n5)n4)cc3F)n(C[C@@H]3CCO3)c2c1. The van der Waals surface area contributed by atoms with E-state index < -0.39 is 17.6 Å². The Morgan fingerprint density at radius 3 is 2.73 bits per heavy atom. The second kappa shape index (κ2) is 10.9. The van der Waals surface area contributed by atoms with Gasteiger partial charge >= 0.3 is 5.97 Å². The van der Waals surface area contributed by atoms with Gasteiger partial charge in [-0.2, -0.15) is 0 Å². The second-order valence-electron chi connectivity index (χ2n) is 9.27. The van der Waals surface area contributed by atoms with Crippen LogP contribution in [0.25, 0.3) is 22.3 Å². The lowest BCUT2D eigenvalue weighted by Gasteiger charge is -2.27. The maximum atomic E-state index is 15.4. The van der Waals surface area contributed by atoms with Gasteiger partial charge in [-0.3, -0.25) is 0 Å². The highest BCUT2D eigenvalue weighted by atomic mass is 35.5. The second-order valence-corrected chi connectivity index (χ2v) is 10.7. The van der Waals surface area contributed by atoms with E-state index in [1.807, 2.05) is 4.57 Å². The Kier molecular flexibility index (Phi) is 7.18. The van der Waals surface area contributed by atoms with E-state index in [0.29, 0.717) is 40.2 Å². The number of fused-ring (bicyclic) bond motifs is 1. The molecule has 12 heteroatoms. The summed E-state index contributed by atoms with van der Waals surface area (Å²) >= 11 is 7.13. The predicted octanol–water partition coefficient (Wildman–Crippen LogP) is 6.14. The zero-order chi connectivity index (χ0) is 27.8. The molecule has 0 bridgehead atoms. The molecule has 1 aliphatic heterocycles. The zero-order valence-corrected chi connectivity index (χ0v) is 22.4. The lowest BCUT2D eigenvalue weighted by atomic mass is 10.0. The Hall–Kier alpha value is -3.93. The van der Waals surface area contributed by atoms with E-state index in [0.717, 1.165) is 18.6 Å². The zero-order valence-electron chi connectivity index (χ0n) is 20.8. The largest absolute Gasteiger partial charge is 0.478 e. The van der Waals surface area contributed by atoms with E-state index in [2.05, 4.69) is 15.0 Å². The molecule has 0 amide bonds. The average Bonchev–Trinajstić information content (AvgIpc) is 3.49. The molecule has 40 heavy (non-hydrogen) atoms. The van der Waals surface area contributed by atoms with Crippen molar-refractivity contribution in [3.05, 3.63) is 92.7 Å². The number of hydrogen-bond donors (Lipinski definition) is 1. The summed E-state index contributed by atoms with van der Waals surface area (Å²) in [6.45, 7) is 1.21. The third kappa shape index (κ3) is 5.40. The first-order chi connectivity index (χ1) is 19.3. The van der Waals surface area contributed by atoms with Gasteiger partial charge in [-0.15, -0.1) is 11.3 Å². The molecule has 2 aromatic carbocycles. The lowest BCUT2D eigenvalue weighted by molar-refractivity contribution is -0.0589. The summed E-state index contributed by atoms with van der Waals surface area (Å²) < 4.78 is 44.2. The minimum absolute atomic E-state index is 0.000379. The van der Waals surface area contributed by atoms with Crippen molar-refractivity contribution in [2.45, 2.75) is 32.1 Å². The van der Waals surface area contributed by atoms with E-state index in [1.165, 1.54) is 23.5 Å². The number of aromatic nitrogens is 4. The van der Waals surface area contributed by atoms with Gasteiger partial charge in [-0.05, 0) is 48.4 Å². The Morgan fingerprint density at radius 2 is 2.00 bits per heavy atom. The fraction of sp³-hybridized carbons (Fsp3) is 0.214. The van der Waals surface area contributed by atoms with Crippen molar-refractivity contribution < 1.29 is 28.2 Å². The Balaban J connectivity index is 1.28. The fourth-order valence-corrected chi connectivity index (χ4v) is 5.27. The maximum absolute atomic E-state index is 15.4. The number of rotatable bonds is 9. The molecule has 6 rings (SSSR count). The van der Waals surface area contributed by atoms with Crippen molar-refractivity contribution in [2.24, 2.45) is 0 Å². The molecule has 1 aliphatic rings. The van der Waals surface area contributed by atoms with Crippen LogP contribution in [0.15, 0.2) is 53.9 Å². The number of pyridine rings is 1. The number of hydrogen-bond acceptors (Lipinski definition) is 7. The van der Waals surface area contributed by atoms with Gasteiger partial charge in [0.25, 0.3) is 0 Å². The van der Waals surface area contributed by atoms with Gasteiger partial charge in [0.1, 0.15) is 24.1 Å². The van der Waals surface area contributed by atoms with Crippen LogP contribution < -0.4 is 4.74 Å². The van der Waals surface area contributed by atoms with Gasteiger partial charge in [0, 0.05) is 30.0 Å². The number of carbonyl (C=O) groups is 1. The van der Waals surface area contributed by atoms with Crippen LogP contribution in [-0.2, 0) is 24.3 Å². The van der Waals surface area contributed by atoms with Crippen LogP contribution in [-0.4, -0.2) is 43.3 Å². The average molecular weight is 583 g/mol. The third-order valence-electron chi connectivity index (χ3n) is 6.63. The quantitative estimate of drug-likeness (QED) is 0.223. The Morgan fingerprint density at radius 1 is 1.15 bits per heavy atom. The van der Waals surface area contributed by atoms with Crippen molar-refractivity contribution in [3.8, 4) is 17.1 Å². The van der Waals surface area contributed by atoms with Crippen LogP contribution in [0.1, 0.15) is 33.9 Å². The number of carboxylic acid groups (broad SMARTS) is 1. The molecule has 0 saturated carbocycles. The molecule has 0 aliphatic carbocycles. The molecule has 1 N–H and O–H groups in total. The van der Waals surface area contributed by atoms with Gasteiger partial charge in [0.15, 0.2) is 4.47 Å². The molecule has 0 spiro atoms. The highest BCUT2D eigenvalue weighted by Crippen LogP contribution is 2.29. The minimum Gasteiger partial charge on any atom is -0.478 e. The fourth-order valence-electron chi connectivity index (χ4n) is 4.51. The molecule has 3 aromatic heterocycles. The molecule has 0 radical (unpaired) electrons. The Bertz CT molecular complexity index is 1740. The topological polar surface area (TPSA) is 99.4 Å². The summed E-state index contributed by atoms with van der Waals surface area (Å²) in [7, 11) is 0. The van der Waals surface area contributed by atoms with Gasteiger partial charge < -0.3 is 19.1 Å². The van der Waals surface area contributed by atoms with Crippen molar-refractivity contribution in [1.29, 1.82) is 0 Å². The van der Waals surface area contributed by atoms with Crippen LogP contribution in [0, 0.1) is 11.6 Å². The molecular formula is C28H21ClF2N4O4S. The maximum Gasteiger partial charge on any atom is 0.335 e. The molecule has 1 saturated heterocycles. The molecule has 8 nitrogen and oxygen atoms in total. The summed E-state index contributed by atoms with van der Waals surface area (Å²) in [4.78, 5) is 24.6. The lowest BCUT2D eigenvalue weighted by Crippen LogP contribution is -2.31. The van der Waals surface area contributed by atoms with E-state index in [4.69, 9.17) is 21.1 Å². The smallest absolute Gasteiger partial charge is 0.335 e. The van der Waals surface area contributed by atoms with Gasteiger partial charge in [-0.1, -0.05) is 17.7 Å². The van der Waals surface area contributed by atoms with Gasteiger partial charge in [0.05, 0.1) is 40.6 Å². The third-order valence-corrected chi connectivity index (χ3v) is 7.66. The molecule has 4 heterocycles. The molecule has 1 fully saturated rings. The van der Waals surface area contributed by atoms with Crippen molar-refractivity contribution >= 4 is 39.9 Å². The number of benzene rings is 2. The first-order valence-corrected chi connectivity index (χ1v) is 13.6. The molecule has 1 atom stereocenters. The summed E-state index contributed by atoms with van der Waals surface area (Å²) in [5.74, 6) is -1.61. The van der Waals surface area contributed by atoms with Crippen molar-refractivity contribution in [1.82, 2.24) is 19.5 Å². The standard InChI is InChI=1S/C28H21ClF2N4O4S/c29-28-32-17(14-40-28)13-39-26-3-1-2-22(34-26)19-11-20(30)16(8-21(19)31)10-25-33-23-5-4-15(27(36)37)9-24(23)35(25)12-18-6-7-38-18/h1-5,8-9,11,14,18H,6-7,10,12-13H2,(H,36,37)/t18-/m0/s1. The van der Waals surface area contributed by atoms with Crippen LogP contribution in [0.3, 0.4) is 0 Å². The predicted molar refractivity (Wildman–Crippen MR) is 145 cm³/mol. The Labute approximate surface area is 235 Å². The minimum atomic E-state index is -1.06. The van der Waals surface area contributed by atoms with Crippen molar-refractivity contribution in [3.63, 3.8) is 0 Å². The molecular weight excluding hydrogens is 562 g/mol. The number of carboxylic acids is 1. The highest BCUT2D eigenvalue weighted by molar-refractivity contribution is 7.13.